The number of hydrogen-bond donors (Lipinski definition) is 3. The smallest absolute Gasteiger partial charge is 0.105 e. The minimum atomic E-state index is -0.956. The van der Waals surface area contributed by atoms with Gasteiger partial charge in [-0.15, -0.1) is 0 Å². The van der Waals surface area contributed by atoms with Gasteiger partial charge in [-0.3, -0.25) is 4.98 Å². The van der Waals surface area contributed by atoms with E-state index in [2.05, 4.69) is 54.4 Å². The number of aliphatic hydroxyl groups is 2. The Hall–Kier alpha value is -2.31. The zero-order chi connectivity index (χ0) is 22.6. The summed E-state index contributed by atoms with van der Waals surface area (Å²) in [6, 6.07) is 8.29. The fourth-order valence-electron chi connectivity index (χ4n) is 7.78. The normalized spacial score (nSPS) is 43.3. The van der Waals surface area contributed by atoms with Crippen LogP contribution in [0.2, 0.25) is 0 Å². The lowest BCUT2D eigenvalue weighted by atomic mass is 9.58. The van der Waals surface area contributed by atoms with E-state index in [-0.39, 0.29) is 11.0 Å². The Bertz CT molecular complexity index is 1280. The third kappa shape index (κ3) is 2.43. The number of aliphatic hydroxyl groups excluding tert-OH is 2. The molecule has 5 aliphatic rings. The fourth-order valence-corrected chi connectivity index (χ4v) is 7.78. The number of benzene rings is 1. The lowest BCUT2D eigenvalue weighted by Gasteiger charge is -2.55. The first-order valence-corrected chi connectivity index (χ1v) is 12.2. The molecule has 1 unspecified atom stereocenters. The summed E-state index contributed by atoms with van der Waals surface area (Å²) in [5.41, 5.74) is 10.0. The van der Waals surface area contributed by atoms with Crippen LogP contribution in [-0.2, 0) is 4.74 Å². The molecule has 2 aromatic rings. The summed E-state index contributed by atoms with van der Waals surface area (Å²) in [4.78, 5) is 4.31. The molecule has 0 radical (unpaired) electrons. The number of nitrogens with zero attached hydrogens (tertiary/aromatic N) is 1. The van der Waals surface area contributed by atoms with Crippen LogP contribution < -0.4 is 5.73 Å². The van der Waals surface area contributed by atoms with E-state index in [1.54, 1.807) is 0 Å². The first kappa shape index (κ1) is 20.1. The van der Waals surface area contributed by atoms with Gasteiger partial charge in [0.25, 0.3) is 0 Å². The van der Waals surface area contributed by atoms with Gasteiger partial charge in [-0.1, -0.05) is 37.3 Å². The van der Waals surface area contributed by atoms with E-state index in [0.29, 0.717) is 12.3 Å². The van der Waals surface area contributed by atoms with E-state index in [0.717, 1.165) is 31.3 Å². The Morgan fingerprint density at radius 2 is 2.00 bits per heavy atom. The molecule has 3 heterocycles. The molecule has 2 fully saturated rings. The molecule has 1 aromatic heterocycles. The Balaban J connectivity index is 1.32. The Kier molecular flexibility index (Phi) is 3.91. The van der Waals surface area contributed by atoms with E-state index in [1.165, 1.54) is 27.5 Å². The summed E-state index contributed by atoms with van der Waals surface area (Å²) in [5.74, 6) is 0.335. The number of nitrogens with two attached hydrogens (primary N) is 1. The zero-order valence-electron chi connectivity index (χ0n) is 18.9. The summed E-state index contributed by atoms with van der Waals surface area (Å²) in [6.07, 6.45) is 13.0. The molecule has 2 spiro atoms. The van der Waals surface area contributed by atoms with Crippen LogP contribution in [-0.4, -0.2) is 44.6 Å². The number of hydrogen-bond acceptors (Lipinski definition) is 5. The Morgan fingerprint density at radius 1 is 1.12 bits per heavy atom. The summed E-state index contributed by atoms with van der Waals surface area (Å²) in [6.45, 7) is 2.39. The first-order chi connectivity index (χ1) is 15.9. The molecular formula is C28H30N2O3. The molecule has 1 saturated carbocycles. The highest BCUT2D eigenvalue weighted by molar-refractivity contribution is 5.87. The van der Waals surface area contributed by atoms with Gasteiger partial charge in [-0.2, -0.15) is 0 Å². The average molecular weight is 443 g/mol. The van der Waals surface area contributed by atoms with Crippen molar-refractivity contribution >= 4 is 16.3 Å². The van der Waals surface area contributed by atoms with Crippen LogP contribution in [0.25, 0.3) is 16.3 Å². The minimum absolute atomic E-state index is 0.0226. The van der Waals surface area contributed by atoms with Gasteiger partial charge in [0.05, 0.1) is 17.3 Å². The molecule has 33 heavy (non-hydrogen) atoms. The predicted octanol–water partition coefficient (Wildman–Crippen LogP) is 3.66. The molecule has 5 nitrogen and oxygen atoms in total. The van der Waals surface area contributed by atoms with Gasteiger partial charge < -0.3 is 20.7 Å². The standard InChI is InChI=1S/C28H30N2O3/c1-26-8-6-19-13-21-24(31)25(32)22(29)14-27(21)9-10-28(19,33-27)23(26)5-4-20(26)17-3-2-16-7-11-30-15-18(16)12-17/h2-4,6-7,11-13,15,22-25,31-32H,5,8-10,14,29H2,1H3/t22-,23?,24+,25+,26+,27+,28+/m0/s1. The van der Waals surface area contributed by atoms with Crippen molar-refractivity contribution in [2.24, 2.45) is 17.1 Å². The molecule has 3 aliphatic carbocycles. The molecule has 7 rings (SSSR count). The third-order valence-electron chi connectivity index (χ3n) is 9.45. The second-order valence-electron chi connectivity index (χ2n) is 11.0. The lowest BCUT2D eigenvalue weighted by molar-refractivity contribution is -0.151. The molecular weight excluding hydrogens is 412 g/mol. The highest BCUT2D eigenvalue weighted by atomic mass is 16.5. The molecule has 7 atom stereocenters. The van der Waals surface area contributed by atoms with Crippen LogP contribution in [0.15, 0.2) is 66.0 Å². The molecule has 1 saturated heterocycles. The molecule has 4 N–H and O–H groups in total. The third-order valence-corrected chi connectivity index (χ3v) is 9.45. The first-order valence-electron chi connectivity index (χ1n) is 12.2. The summed E-state index contributed by atoms with van der Waals surface area (Å²) < 4.78 is 7.07. The molecule has 5 heteroatoms. The summed E-state index contributed by atoms with van der Waals surface area (Å²) >= 11 is 0. The van der Waals surface area contributed by atoms with Crippen molar-refractivity contribution in [1.82, 2.24) is 4.98 Å². The number of aromatic nitrogens is 1. The van der Waals surface area contributed by atoms with Crippen LogP contribution in [0, 0.1) is 11.3 Å². The van der Waals surface area contributed by atoms with E-state index in [9.17, 15) is 10.2 Å². The fraction of sp³-hybridized carbons (Fsp3) is 0.464. The van der Waals surface area contributed by atoms with Gasteiger partial charge >= 0.3 is 0 Å². The SMILES string of the molecule is C[C@]12CC=C3C=C4[C@@H](O)[C@H](O)[C@@H](N)C[C@]45CC[C@]3(O5)C1CC=C2c1ccc2ccncc2c1. The average Bonchev–Trinajstić information content (AvgIpc) is 3.33. The van der Waals surface area contributed by atoms with Crippen LogP contribution in [0.5, 0.6) is 0 Å². The predicted molar refractivity (Wildman–Crippen MR) is 127 cm³/mol. The van der Waals surface area contributed by atoms with Gasteiger partial charge in [0.15, 0.2) is 0 Å². The van der Waals surface area contributed by atoms with E-state index in [1.807, 2.05) is 12.4 Å². The van der Waals surface area contributed by atoms with Crippen molar-refractivity contribution in [3.05, 3.63) is 71.6 Å². The van der Waals surface area contributed by atoms with Gasteiger partial charge in [0.2, 0.25) is 0 Å². The van der Waals surface area contributed by atoms with Crippen molar-refractivity contribution in [3.8, 4) is 0 Å². The monoisotopic (exact) mass is 442 g/mol. The van der Waals surface area contributed by atoms with Crippen molar-refractivity contribution < 1.29 is 14.9 Å². The van der Waals surface area contributed by atoms with Crippen LogP contribution >= 0.6 is 0 Å². The number of ether oxygens (including phenoxy) is 1. The highest BCUT2D eigenvalue weighted by Crippen LogP contribution is 2.67. The highest BCUT2D eigenvalue weighted by Gasteiger charge is 2.66. The molecule has 0 amide bonds. The lowest BCUT2D eigenvalue weighted by Crippen LogP contribution is -2.61. The van der Waals surface area contributed by atoms with Gasteiger partial charge in [0.1, 0.15) is 6.10 Å². The van der Waals surface area contributed by atoms with Crippen LogP contribution in [0.3, 0.4) is 0 Å². The minimum Gasteiger partial charge on any atom is -0.388 e. The van der Waals surface area contributed by atoms with Crippen molar-refractivity contribution in [1.29, 1.82) is 0 Å². The largest absolute Gasteiger partial charge is 0.388 e. The summed E-state index contributed by atoms with van der Waals surface area (Å²) in [5, 5.41) is 23.6. The van der Waals surface area contributed by atoms with Gasteiger partial charge in [0, 0.05) is 35.2 Å². The van der Waals surface area contributed by atoms with E-state index >= 15 is 0 Å². The molecule has 170 valence electrons. The Labute approximate surface area is 193 Å². The molecule has 2 aliphatic heterocycles. The number of fused-ring (bicyclic) bond motifs is 2. The van der Waals surface area contributed by atoms with Crippen molar-refractivity contribution in [2.75, 3.05) is 0 Å². The maximum absolute atomic E-state index is 10.8. The van der Waals surface area contributed by atoms with E-state index in [4.69, 9.17) is 10.5 Å². The quantitative estimate of drug-likeness (QED) is 0.627. The number of rotatable bonds is 1. The Morgan fingerprint density at radius 3 is 2.88 bits per heavy atom. The molecule has 1 aromatic carbocycles. The van der Waals surface area contributed by atoms with Crippen LogP contribution in [0.4, 0.5) is 0 Å². The second-order valence-corrected chi connectivity index (χ2v) is 11.0. The van der Waals surface area contributed by atoms with Gasteiger partial charge in [-0.05, 0) is 71.9 Å². The molecule has 2 bridgehead atoms. The second kappa shape index (κ2) is 6.42. The van der Waals surface area contributed by atoms with E-state index < -0.39 is 23.9 Å². The summed E-state index contributed by atoms with van der Waals surface area (Å²) in [7, 11) is 0. The zero-order valence-corrected chi connectivity index (χ0v) is 18.9. The topological polar surface area (TPSA) is 88.6 Å². The van der Waals surface area contributed by atoms with Gasteiger partial charge in [-0.25, -0.2) is 0 Å². The maximum Gasteiger partial charge on any atom is 0.105 e. The van der Waals surface area contributed by atoms with Crippen molar-refractivity contribution in [3.63, 3.8) is 0 Å². The number of pyridine rings is 1. The number of allylic oxidation sites excluding steroid dienone is 3. The maximum atomic E-state index is 10.8. The van der Waals surface area contributed by atoms with Crippen LogP contribution in [0.1, 0.15) is 44.6 Å². The van der Waals surface area contributed by atoms with Crippen molar-refractivity contribution in [2.45, 2.75) is 68.5 Å².